The fourth-order valence-electron chi connectivity index (χ4n) is 2.68. The molecule has 1 amide bonds. The molecular formula is C17H25N3O3. The van der Waals surface area contributed by atoms with Crippen molar-refractivity contribution in [2.24, 2.45) is 0 Å². The van der Waals surface area contributed by atoms with Crippen LogP contribution in [0.2, 0.25) is 0 Å². The molecule has 126 valence electrons. The van der Waals surface area contributed by atoms with E-state index in [1.165, 1.54) is 18.9 Å². The Morgan fingerprint density at radius 1 is 1.17 bits per heavy atom. The number of amides is 1. The predicted molar refractivity (Wildman–Crippen MR) is 90.0 cm³/mol. The molecule has 6 nitrogen and oxygen atoms in total. The Hall–Kier alpha value is -2.08. The molecule has 1 aromatic rings. The molecule has 1 fully saturated rings. The second-order valence-corrected chi connectivity index (χ2v) is 5.90. The Kier molecular flexibility index (Phi) is 5.60. The minimum absolute atomic E-state index is 0.276. The monoisotopic (exact) mass is 319 g/mol. The minimum Gasteiger partial charge on any atom is -0.480 e. The van der Waals surface area contributed by atoms with Crippen molar-refractivity contribution in [1.82, 2.24) is 9.80 Å². The first-order valence-corrected chi connectivity index (χ1v) is 8.01. The number of nitrogens with zero attached hydrogens (tertiary/aromatic N) is 3. The number of aliphatic carboxylic acids is 1. The summed E-state index contributed by atoms with van der Waals surface area (Å²) in [5, 5.41) is 9.00. The number of carbonyl (C=O) groups is 2. The Balaban J connectivity index is 2.02. The van der Waals surface area contributed by atoms with Crippen LogP contribution < -0.4 is 4.90 Å². The molecule has 6 heteroatoms. The summed E-state index contributed by atoms with van der Waals surface area (Å²) in [6.07, 6.45) is 0. The molecule has 0 aliphatic carbocycles. The molecule has 0 radical (unpaired) electrons. The van der Waals surface area contributed by atoms with Crippen molar-refractivity contribution in [3.8, 4) is 0 Å². The van der Waals surface area contributed by atoms with Gasteiger partial charge in [-0.3, -0.25) is 4.79 Å². The first kappa shape index (κ1) is 17.3. The van der Waals surface area contributed by atoms with Crippen molar-refractivity contribution in [3.05, 3.63) is 29.8 Å². The lowest BCUT2D eigenvalue weighted by atomic mass is 10.1. The van der Waals surface area contributed by atoms with Crippen LogP contribution in [0.1, 0.15) is 24.2 Å². The first-order valence-electron chi connectivity index (χ1n) is 8.01. The van der Waals surface area contributed by atoms with E-state index >= 15 is 0 Å². The zero-order valence-electron chi connectivity index (χ0n) is 14.0. The second-order valence-electron chi connectivity index (χ2n) is 5.90. The molecule has 1 N–H and O–H groups in total. The molecule has 0 bridgehead atoms. The number of carboxylic acids is 1. The fourth-order valence-corrected chi connectivity index (χ4v) is 2.68. The Bertz CT molecular complexity index is 551. The standard InChI is InChI=1S/C17H25N3O3/c1-4-19-9-11-20(12-10-19)15-7-5-14(6-8-15)16(21)18(3)13(2)17(22)23/h5-8,13H,4,9-12H2,1-3H3,(H,22,23)/t13-/m1/s1. The maximum absolute atomic E-state index is 12.3. The number of hydrogen-bond acceptors (Lipinski definition) is 4. The average molecular weight is 319 g/mol. The summed E-state index contributed by atoms with van der Waals surface area (Å²) in [5.74, 6) is -1.28. The van der Waals surface area contributed by atoms with E-state index in [0.717, 1.165) is 38.4 Å². The lowest BCUT2D eigenvalue weighted by molar-refractivity contribution is -0.141. The van der Waals surface area contributed by atoms with Gasteiger partial charge in [-0.25, -0.2) is 4.79 Å². The number of piperazine rings is 1. The summed E-state index contributed by atoms with van der Waals surface area (Å²) in [6.45, 7) is 8.82. The normalized spacial score (nSPS) is 16.9. The fraction of sp³-hybridized carbons (Fsp3) is 0.529. The summed E-state index contributed by atoms with van der Waals surface area (Å²) in [5.41, 5.74) is 1.61. The highest BCUT2D eigenvalue weighted by atomic mass is 16.4. The van der Waals surface area contributed by atoms with Crippen LogP contribution in [0.5, 0.6) is 0 Å². The Morgan fingerprint density at radius 2 is 1.74 bits per heavy atom. The zero-order valence-corrected chi connectivity index (χ0v) is 14.0. The molecule has 23 heavy (non-hydrogen) atoms. The van der Waals surface area contributed by atoms with Crippen molar-refractivity contribution >= 4 is 17.6 Å². The van der Waals surface area contributed by atoms with Crippen LogP contribution in [0, 0.1) is 0 Å². The van der Waals surface area contributed by atoms with E-state index in [1.807, 2.05) is 12.1 Å². The van der Waals surface area contributed by atoms with Gasteiger partial charge in [-0.15, -0.1) is 0 Å². The third-order valence-corrected chi connectivity index (χ3v) is 4.56. The van der Waals surface area contributed by atoms with Crippen molar-refractivity contribution in [1.29, 1.82) is 0 Å². The number of rotatable bonds is 5. The lowest BCUT2D eigenvalue weighted by Gasteiger charge is -2.35. The molecule has 1 aliphatic heterocycles. The van der Waals surface area contributed by atoms with E-state index in [0.29, 0.717) is 5.56 Å². The van der Waals surface area contributed by atoms with Gasteiger partial charge in [0.05, 0.1) is 0 Å². The predicted octanol–water partition coefficient (Wildman–Crippen LogP) is 1.37. The summed E-state index contributed by atoms with van der Waals surface area (Å²) in [7, 11) is 1.51. The Labute approximate surface area is 137 Å². The third-order valence-electron chi connectivity index (χ3n) is 4.56. The van der Waals surface area contributed by atoms with Crippen LogP contribution in [0.4, 0.5) is 5.69 Å². The van der Waals surface area contributed by atoms with Gasteiger partial charge in [-0.05, 0) is 37.7 Å². The van der Waals surface area contributed by atoms with Crippen LogP contribution in [-0.2, 0) is 4.79 Å². The average Bonchev–Trinajstić information content (AvgIpc) is 2.60. The number of likely N-dealkylation sites (N-methyl/N-ethyl adjacent to an activating group) is 2. The SMILES string of the molecule is CCN1CCN(c2ccc(C(=O)N(C)[C@H](C)C(=O)O)cc2)CC1. The molecule has 2 rings (SSSR count). The van der Waals surface area contributed by atoms with Crippen LogP contribution in [0.25, 0.3) is 0 Å². The van der Waals surface area contributed by atoms with Gasteiger partial charge in [-0.2, -0.15) is 0 Å². The molecule has 1 atom stereocenters. The van der Waals surface area contributed by atoms with Crippen molar-refractivity contribution in [3.63, 3.8) is 0 Å². The van der Waals surface area contributed by atoms with Gasteiger partial charge >= 0.3 is 5.97 Å². The highest BCUT2D eigenvalue weighted by Gasteiger charge is 2.23. The molecule has 1 aliphatic rings. The summed E-state index contributed by atoms with van der Waals surface area (Å²) < 4.78 is 0. The zero-order chi connectivity index (χ0) is 17.0. The third kappa shape index (κ3) is 4.01. The van der Waals surface area contributed by atoms with Gasteiger partial charge < -0.3 is 19.8 Å². The number of hydrogen-bond donors (Lipinski definition) is 1. The summed E-state index contributed by atoms with van der Waals surface area (Å²) >= 11 is 0. The van der Waals surface area contributed by atoms with Gasteiger partial charge in [-0.1, -0.05) is 6.92 Å². The van der Waals surface area contributed by atoms with E-state index in [-0.39, 0.29) is 5.91 Å². The molecule has 1 heterocycles. The van der Waals surface area contributed by atoms with Crippen LogP contribution in [0.15, 0.2) is 24.3 Å². The molecule has 1 saturated heterocycles. The van der Waals surface area contributed by atoms with Crippen LogP contribution >= 0.6 is 0 Å². The number of anilines is 1. The molecule has 0 aromatic heterocycles. The van der Waals surface area contributed by atoms with E-state index in [1.54, 1.807) is 12.1 Å². The van der Waals surface area contributed by atoms with Gasteiger partial charge in [0.15, 0.2) is 0 Å². The topological polar surface area (TPSA) is 64.1 Å². The summed E-state index contributed by atoms with van der Waals surface area (Å²) in [6, 6.07) is 6.58. The van der Waals surface area contributed by atoms with Crippen molar-refractivity contribution in [2.75, 3.05) is 44.7 Å². The number of carbonyl (C=O) groups excluding carboxylic acids is 1. The highest BCUT2D eigenvalue weighted by Crippen LogP contribution is 2.18. The smallest absolute Gasteiger partial charge is 0.326 e. The number of benzene rings is 1. The van der Waals surface area contributed by atoms with Gasteiger partial charge in [0.2, 0.25) is 0 Å². The summed E-state index contributed by atoms with van der Waals surface area (Å²) in [4.78, 5) is 29.3. The molecule has 0 unspecified atom stereocenters. The van der Waals surface area contributed by atoms with Crippen molar-refractivity contribution in [2.45, 2.75) is 19.9 Å². The minimum atomic E-state index is -1.01. The molecular weight excluding hydrogens is 294 g/mol. The molecule has 0 spiro atoms. The van der Waals surface area contributed by atoms with Crippen LogP contribution in [-0.4, -0.2) is 72.6 Å². The maximum atomic E-state index is 12.3. The highest BCUT2D eigenvalue weighted by molar-refractivity contribution is 5.96. The quantitative estimate of drug-likeness (QED) is 0.888. The largest absolute Gasteiger partial charge is 0.480 e. The van der Waals surface area contributed by atoms with E-state index in [9.17, 15) is 9.59 Å². The van der Waals surface area contributed by atoms with Gasteiger partial charge in [0.25, 0.3) is 5.91 Å². The second kappa shape index (κ2) is 7.46. The number of carboxylic acid groups (broad SMARTS) is 1. The van der Waals surface area contributed by atoms with Gasteiger partial charge in [0.1, 0.15) is 6.04 Å². The Morgan fingerprint density at radius 3 is 2.22 bits per heavy atom. The van der Waals surface area contributed by atoms with Crippen LogP contribution in [0.3, 0.4) is 0 Å². The van der Waals surface area contributed by atoms with Crippen molar-refractivity contribution < 1.29 is 14.7 Å². The first-order chi connectivity index (χ1) is 10.9. The van der Waals surface area contributed by atoms with E-state index in [4.69, 9.17) is 5.11 Å². The molecule has 0 saturated carbocycles. The maximum Gasteiger partial charge on any atom is 0.326 e. The van der Waals surface area contributed by atoms with Gasteiger partial charge in [0, 0.05) is 44.5 Å². The molecule has 1 aromatic carbocycles. The van der Waals surface area contributed by atoms with E-state index in [2.05, 4.69) is 16.7 Å². The van der Waals surface area contributed by atoms with E-state index < -0.39 is 12.0 Å². The lowest BCUT2D eigenvalue weighted by Crippen LogP contribution is -2.46.